The molecule has 0 spiro atoms. The summed E-state index contributed by atoms with van der Waals surface area (Å²) in [5, 5.41) is 0. The van der Waals surface area contributed by atoms with Crippen LogP contribution >= 0.6 is 12.2 Å². The van der Waals surface area contributed by atoms with E-state index in [1.54, 1.807) is 6.33 Å². The molecule has 2 aromatic heterocycles. The van der Waals surface area contributed by atoms with Gasteiger partial charge in [0.05, 0.1) is 17.5 Å². The molecule has 0 bridgehead atoms. The van der Waals surface area contributed by atoms with Crippen molar-refractivity contribution < 1.29 is 29.6 Å². The third-order valence-corrected chi connectivity index (χ3v) is 1.50. The van der Waals surface area contributed by atoms with Gasteiger partial charge in [-0.2, -0.15) is 0 Å². The molecular formula is C5H3N4NaS. The zero-order valence-electron chi connectivity index (χ0n) is 5.90. The fourth-order valence-electron chi connectivity index (χ4n) is 0.743. The number of aromatic nitrogens is 4. The third kappa shape index (κ3) is 1.51. The van der Waals surface area contributed by atoms with Crippen molar-refractivity contribution >= 4 is 23.4 Å². The van der Waals surface area contributed by atoms with Crippen LogP contribution in [0.5, 0.6) is 0 Å². The molecule has 11 heavy (non-hydrogen) atoms. The van der Waals surface area contributed by atoms with Gasteiger partial charge in [0.15, 0.2) is 0 Å². The summed E-state index contributed by atoms with van der Waals surface area (Å²) in [5.41, 5.74) is 1.36. The maximum atomic E-state index is 4.89. The predicted octanol–water partition coefficient (Wildman–Crippen LogP) is -2.35. The van der Waals surface area contributed by atoms with Crippen LogP contribution in [0.3, 0.4) is 0 Å². The van der Waals surface area contributed by atoms with E-state index in [0.29, 0.717) is 10.3 Å². The average molecular weight is 174 g/mol. The molecule has 2 aromatic rings. The number of fused-ring (bicyclic) bond motifs is 1. The van der Waals surface area contributed by atoms with Crippen LogP contribution in [0.25, 0.3) is 11.2 Å². The molecule has 0 aliphatic heterocycles. The zero-order chi connectivity index (χ0) is 6.97. The van der Waals surface area contributed by atoms with Crippen molar-refractivity contribution in [3.8, 4) is 0 Å². The first-order valence-corrected chi connectivity index (χ1v) is 3.10. The maximum absolute atomic E-state index is 4.89. The molecule has 0 fully saturated rings. The SMILES string of the molecule is S=c1[n-]cnc2nc[nH]c12.[Na+]. The Morgan fingerprint density at radius 2 is 2.27 bits per heavy atom. The molecule has 0 saturated heterocycles. The molecule has 0 aliphatic rings. The van der Waals surface area contributed by atoms with Gasteiger partial charge in [0, 0.05) is 4.64 Å². The molecule has 0 radical (unpaired) electrons. The molecular weight excluding hydrogens is 171 g/mol. The average Bonchev–Trinajstić information content (AvgIpc) is 2.36. The van der Waals surface area contributed by atoms with Crippen LogP contribution < -0.4 is 34.5 Å². The van der Waals surface area contributed by atoms with Gasteiger partial charge in [-0.05, 0) is 0 Å². The summed E-state index contributed by atoms with van der Waals surface area (Å²) in [6.07, 6.45) is 2.96. The molecule has 6 heteroatoms. The Hall–Kier alpha value is -0.230. The van der Waals surface area contributed by atoms with Crippen molar-refractivity contribution in [2.75, 3.05) is 0 Å². The van der Waals surface area contributed by atoms with Crippen molar-refractivity contribution in [2.24, 2.45) is 0 Å². The largest absolute Gasteiger partial charge is 1.00 e. The normalized spacial score (nSPS) is 9.45. The van der Waals surface area contributed by atoms with E-state index < -0.39 is 0 Å². The van der Waals surface area contributed by atoms with Gasteiger partial charge in [-0.3, -0.25) is 0 Å². The van der Waals surface area contributed by atoms with Gasteiger partial charge in [0.25, 0.3) is 0 Å². The van der Waals surface area contributed by atoms with Gasteiger partial charge in [-0.25, -0.2) is 4.98 Å². The van der Waals surface area contributed by atoms with Crippen LogP contribution in [0.1, 0.15) is 0 Å². The van der Waals surface area contributed by atoms with Gasteiger partial charge in [0.2, 0.25) is 0 Å². The fourth-order valence-corrected chi connectivity index (χ4v) is 0.940. The standard InChI is InChI=1S/C5H4N4S.Na/c10-5-3-4(7-1-6-3)8-2-9-5;/h1-2H,(H2,6,7,8,9,10);/q;+1/p-1. The molecule has 4 nitrogen and oxygen atoms in total. The van der Waals surface area contributed by atoms with E-state index in [9.17, 15) is 0 Å². The van der Waals surface area contributed by atoms with Crippen molar-refractivity contribution in [2.45, 2.75) is 0 Å². The quantitative estimate of drug-likeness (QED) is 0.359. The Balaban J connectivity index is 0.000000605. The third-order valence-electron chi connectivity index (χ3n) is 1.19. The number of aromatic amines is 1. The van der Waals surface area contributed by atoms with Gasteiger partial charge >= 0.3 is 29.6 Å². The van der Waals surface area contributed by atoms with E-state index in [1.807, 2.05) is 0 Å². The van der Waals surface area contributed by atoms with E-state index in [4.69, 9.17) is 12.2 Å². The van der Waals surface area contributed by atoms with Crippen LogP contribution in [0.4, 0.5) is 0 Å². The van der Waals surface area contributed by atoms with E-state index in [1.165, 1.54) is 6.33 Å². The summed E-state index contributed by atoms with van der Waals surface area (Å²) in [5.74, 6) is 0. The second-order valence-corrected chi connectivity index (χ2v) is 2.17. The number of imidazole rings is 1. The van der Waals surface area contributed by atoms with Gasteiger partial charge in [-0.15, -0.1) is 0 Å². The second kappa shape index (κ2) is 3.44. The van der Waals surface area contributed by atoms with Crippen LogP contribution in [-0.2, 0) is 0 Å². The smallest absolute Gasteiger partial charge is 0.432 e. The summed E-state index contributed by atoms with van der Waals surface area (Å²) < 4.78 is 0.516. The Morgan fingerprint density at radius 3 is 3.00 bits per heavy atom. The maximum Gasteiger partial charge on any atom is 1.00 e. The Kier molecular flexibility index (Phi) is 2.78. The number of rotatable bonds is 0. The topological polar surface area (TPSA) is 55.7 Å². The summed E-state index contributed by atoms with van der Waals surface area (Å²) in [7, 11) is 0. The minimum absolute atomic E-state index is 0. The van der Waals surface area contributed by atoms with Crippen molar-refractivity contribution in [3.05, 3.63) is 17.3 Å². The first-order valence-electron chi connectivity index (χ1n) is 2.69. The van der Waals surface area contributed by atoms with Crippen molar-refractivity contribution in [1.29, 1.82) is 0 Å². The summed E-state index contributed by atoms with van der Waals surface area (Å²) in [6.45, 7) is 0. The number of H-pyrrole nitrogens is 1. The van der Waals surface area contributed by atoms with Crippen molar-refractivity contribution in [1.82, 2.24) is 19.9 Å². The number of hydrogen-bond acceptors (Lipinski definition) is 3. The monoisotopic (exact) mass is 174 g/mol. The summed E-state index contributed by atoms with van der Waals surface area (Å²) in [4.78, 5) is 14.4. The minimum Gasteiger partial charge on any atom is -0.432 e. The van der Waals surface area contributed by atoms with Crippen LogP contribution in [-0.4, -0.2) is 15.0 Å². The zero-order valence-corrected chi connectivity index (χ0v) is 8.72. The minimum atomic E-state index is 0. The Morgan fingerprint density at radius 1 is 1.45 bits per heavy atom. The first-order chi connectivity index (χ1) is 4.88. The molecule has 0 aromatic carbocycles. The summed E-state index contributed by atoms with van der Waals surface area (Å²) in [6, 6.07) is 0. The predicted molar refractivity (Wildman–Crippen MR) is 38.0 cm³/mol. The number of hydrogen-bond donors (Lipinski definition) is 1. The molecule has 0 atom stereocenters. The fraction of sp³-hybridized carbons (Fsp3) is 0. The van der Waals surface area contributed by atoms with E-state index in [0.717, 1.165) is 5.52 Å². The van der Waals surface area contributed by atoms with Crippen molar-refractivity contribution in [3.63, 3.8) is 0 Å². The van der Waals surface area contributed by atoms with Crippen LogP contribution in [0, 0.1) is 4.64 Å². The Labute approximate surface area is 89.8 Å². The van der Waals surface area contributed by atoms with Crippen LogP contribution in [0.2, 0.25) is 0 Å². The van der Waals surface area contributed by atoms with E-state index >= 15 is 0 Å². The Bertz CT molecular complexity index is 406. The molecule has 2 heterocycles. The van der Waals surface area contributed by atoms with Gasteiger partial charge in [-0.1, -0.05) is 18.5 Å². The second-order valence-electron chi connectivity index (χ2n) is 1.78. The summed E-state index contributed by atoms with van der Waals surface area (Å²) >= 11 is 4.89. The molecule has 0 saturated carbocycles. The van der Waals surface area contributed by atoms with Gasteiger partial charge < -0.3 is 15.0 Å². The van der Waals surface area contributed by atoms with Crippen LogP contribution in [0.15, 0.2) is 12.7 Å². The molecule has 50 valence electrons. The molecule has 0 amide bonds. The number of nitrogens with zero attached hydrogens (tertiary/aromatic N) is 3. The molecule has 0 unspecified atom stereocenters. The first kappa shape index (κ1) is 8.86. The number of nitrogens with one attached hydrogen (secondary N) is 1. The van der Waals surface area contributed by atoms with E-state index in [-0.39, 0.29) is 29.6 Å². The molecule has 2 rings (SSSR count). The van der Waals surface area contributed by atoms with E-state index in [2.05, 4.69) is 19.9 Å². The molecule has 0 aliphatic carbocycles. The molecule has 1 N–H and O–H groups in total. The van der Waals surface area contributed by atoms with Gasteiger partial charge in [0.1, 0.15) is 0 Å².